The van der Waals surface area contributed by atoms with E-state index in [-0.39, 0.29) is 17.7 Å². The Balaban J connectivity index is 2.19. The van der Waals surface area contributed by atoms with E-state index in [9.17, 15) is 0 Å². The summed E-state index contributed by atoms with van der Waals surface area (Å²) in [5.41, 5.74) is 3.91. The number of ether oxygens (including phenoxy) is 2. The molecule has 1 saturated carbocycles. The Labute approximate surface area is 121 Å². The van der Waals surface area contributed by atoms with E-state index < -0.39 is 0 Å². The maximum absolute atomic E-state index is 5.83. The molecule has 1 aromatic rings. The summed E-state index contributed by atoms with van der Waals surface area (Å²) < 4.78 is 11.5. The molecule has 3 N–H and O–H groups in total. The fourth-order valence-electron chi connectivity index (χ4n) is 3.15. The van der Waals surface area contributed by atoms with Gasteiger partial charge in [0, 0.05) is 7.11 Å². The van der Waals surface area contributed by atoms with Gasteiger partial charge in [0.15, 0.2) is 0 Å². The number of methoxy groups -OCH3 is 1. The van der Waals surface area contributed by atoms with Crippen LogP contribution in [0.25, 0.3) is 0 Å². The smallest absolute Gasteiger partial charge is 0.119 e. The van der Waals surface area contributed by atoms with Crippen LogP contribution in [0.2, 0.25) is 0 Å². The van der Waals surface area contributed by atoms with Gasteiger partial charge in [-0.05, 0) is 44.4 Å². The molecule has 0 aliphatic heterocycles. The quantitative estimate of drug-likeness (QED) is 0.620. The van der Waals surface area contributed by atoms with E-state index in [1.165, 1.54) is 12.8 Å². The molecule has 1 atom stereocenters. The molecule has 1 fully saturated rings. The molecule has 0 spiro atoms. The average molecular weight is 278 g/mol. The highest BCUT2D eigenvalue weighted by Gasteiger charge is 2.41. The Hall–Kier alpha value is -1.10. The molecule has 0 saturated heterocycles. The molecule has 4 heteroatoms. The molecule has 112 valence electrons. The lowest BCUT2D eigenvalue weighted by Gasteiger charge is -2.36. The Morgan fingerprint density at radius 3 is 2.20 bits per heavy atom. The van der Waals surface area contributed by atoms with Crippen molar-refractivity contribution in [3.05, 3.63) is 29.8 Å². The zero-order valence-electron chi connectivity index (χ0n) is 12.7. The lowest BCUT2D eigenvalue weighted by molar-refractivity contribution is -0.0368. The van der Waals surface area contributed by atoms with Gasteiger partial charge in [0.05, 0.1) is 17.7 Å². The molecule has 0 heterocycles. The molecule has 4 nitrogen and oxygen atoms in total. The van der Waals surface area contributed by atoms with Crippen molar-refractivity contribution < 1.29 is 9.47 Å². The third-order valence-corrected chi connectivity index (χ3v) is 4.13. The number of hydrogen-bond acceptors (Lipinski definition) is 4. The lowest BCUT2D eigenvalue weighted by Crippen LogP contribution is -2.46. The molecular weight excluding hydrogens is 252 g/mol. The zero-order chi connectivity index (χ0) is 14.6. The Morgan fingerprint density at radius 1 is 1.15 bits per heavy atom. The fourth-order valence-corrected chi connectivity index (χ4v) is 3.15. The normalized spacial score (nSPS) is 19.2. The van der Waals surface area contributed by atoms with Gasteiger partial charge in [-0.2, -0.15) is 0 Å². The van der Waals surface area contributed by atoms with Crippen LogP contribution in [0, 0.1) is 0 Å². The van der Waals surface area contributed by atoms with Crippen molar-refractivity contribution in [1.29, 1.82) is 0 Å². The second kappa shape index (κ2) is 6.57. The number of hydrazine groups is 1. The predicted molar refractivity (Wildman–Crippen MR) is 80.5 cm³/mol. The maximum atomic E-state index is 5.83. The first-order valence-electron chi connectivity index (χ1n) is 7.39. The topological polar surface area (TPSA) is 56.5 Å². The summed E-state index contributed by atoms with van der Waals surface area (Å²) in [7, 11) is 1.78. The number of hydrogen-bond donors (Lipinski definition) is 2. The average Bonchev–Trinajstić information content (AvgIpc) is 2.91. The highest BCUT2D eigenvalue weighted by atomic mass is 16.5. The van der Waals surface area contributed by atoms with Gasteiger partial charge < -0.3 is 9.47 Å². The van der Waals surface area contributed by atoms with E-state index in [0.29, 0.717) is 0 Å². The maximum Gasteiger partial charge on any atom is 0.119 e. The molecule has 1 aliphatic carbocycles. The van der Waals surface area contributed by atoms with Gasteiger partial charge in [-0.3, -0.25) is 11.3 Å². The van der Waals surface area contributed by atoms with Gasteiger partial charge in [-0.15, -0.1) is 0 Å². The van der Waals surface area contributed by atoms with Crippen molar-refractivity contribution in [2.75, 3.05) is 7.11 Å². The van der Waals surface area contributed by atoms with E-state index in [1.807, 2.05) is 26.0 Å². The largest absolute Gasteiger partial charge is 0.491 e. The molecule has 1 unspecified atom stereocenters. The van der Waals surface area contributed by atoms with Gasteiger partial charge in [-0.25, -0.2) is 0 Å². The molecule has 1 aromatic carbocycles. The Bertz CT molecular complexity index is 411. The predicted octanol–water partition coefficient (Wildman–Crippen LogP) is 2.94. The summed E-state index contributed by atoms with van der Waals surface area (Å²) in [4.78, 5) is 0. The third kappa shape index (κ3) is 3.14. The van der Waals surface area contributed by atoms with Gasteiger partial charge in [-0.1, -0.05) is 25.0 Å². The minimum atomic E-state index is -0.185. The summed E-state index contributed by atoms with van der Waals surface area (Å²) in [5.74, 6) is 6.69. The Kier molecular flexibility index (Phi) is 5.02. The van der Waals surface area contributed by atoms with E-state index in [0.717, 1.165) is 24.2 Å². The first-order valence-corrected chi connectivity index (χ1v) is 7.39. The van der Waals surface area contributed by atoms with Gasteiger partial charge in [0.2, 0.25) is 0 Å². The summed E-state index contributed by atoms with van der Waals surface area (Å²) in [6.07, 6.45) is 4.66. The molecular formula is C16H26N2O2. The molecule has 20 heavy (non-hydrogen) atoms. The minimum Gasteiger partial charge on any atom is -0.491 e. The number of rotatable bonds is 6. The first-order chi connectivity index (χ1) is 9.61. The Morgan fingerprint density at radius 2 is 1.75 bits per heavy atom. The van der Waals surface area contributed by atoms with Crippen molar-refractivity contribution in [3.63, 3.8) is 0 Å². The first kappa shape index (κ1) is 15.3. The number of nitrogens with two attached hydrogens (primary N) is 1. The van der Waals surface area contributed by atoms with Crippen LogP contribution < -0.4 is 16.0 Å². The van der Waals surface area contributed by atoms with Crippen molar-refractivity contribution >= 4 is 0 Å². The molecule has 0 radical (unpaired) electrons. The van der Waals surface area contributed by atoms with E-state index >= 15 is 0 Å². The van der Waals surface area contributed by atoms with Gasteiger partial charge in [0.25, 0.3) is 0 Å². The van der Waals surface area contributed by atoms with Crippen LogP contribution in [0.4, 0.5) is 0 Å². The van der Waals surface area contributed by atoms with Crippen LogP contribution in [-0.4, -0.2) is 18.8 Å². The van der Waals surface area contributed by atoms with Crippen LogP contribution in [0.15, 0.2) is 24.3 Å². The SMILES string of the molecule is COC1(C(NN)c2ccc(OC(C)C)cc2)CCCC1. The third-order valence-electron chi connectivity index (χ3n) is 4.13. The van der Waals surface area contributed by atoms with Crippen LogP contribution >= 0.6 is 0 Å². The zero-order valence-corrected chi connectivity index (χ0v) is 12.7. The fraction of sp³-hybridized carbons (Fsp3) is 0.625. The van der Waals surface area contributed by atoms with Crippen molar-refractivity contribution in [1.82, 2.24) is 5.43 Å². The summed E-state index contributed by atoms with van der Waals surface area (Å²) in [5, 5.41) is 0. The molecule has 0 bridgehead atoms. The van der Waals surface area contributed by atoms with Crippen molar-refractivity contribution in [3.8, 4) is 5.75 Å². The highest BCUT2D eigenvalue weighted by molar-refractivity contribution is 5.31. The number of nitrogens with one attached hydrogen (secondary N) is 1. The van der Waals surface area contributed by atoms with Crippen molar-refractivity contribution in [2.45, 2.75) is 57.3 Å². The summed E-state index contributed by atoms with van der Waals surface area (Å²) >= 11 is 0. The van der Waals surface area contributed by atoms with E-state index in [2.05, 4.69) is 17.6 Å². The number of benzene rings is 1. The minimum absolute atomic E-state index is 0.0168. The summed E-state index contributed by atoms with van der Waals surface area (Å²) in [6, 6.07) is 8.15. The molecule has 2 rings (SSSR count). The van der Waals surface area contributed by atoms with E-state index in [1.54, 1.807) is 7.11 Å². The monoisotopic (exact) mass is 278 g/mol. The van der Waals surface area contributed by atoms with Gasteiger partial charge >= 0.3 is 0 Å². The second-order valence-corrected chi connectivity index (χ2v) is 5.81. The van der Waals surface area contributed by atoms with E-state index in [4.69, 9.17) is 15.3 Å². The van der Waals surface area contributed by atoms with Crippen LogP contribution in [-0.2, 0) is 4.74 Å². The second-order valence-electron chi connectivity index (χ2n) is 5.81. The standard InChI is InChI=1S/C16H26N2O2/c1-12(2)20-14-8-6-13(7-9-14)15(18-17)16(19-3)10-4-5-11-16/h6-9,12,15,18H,4-5,10-11,17H2,1-3H3. The highest BCUT2D eigenvalue weighted by Crippen LogP contribution is 2.42. The lowest BCUT2D eigenvalue weighted by atomic mass is 9.87. The molecule has 0 aromatic heterocycles. The molecule has 0 amide bonds. The van der Waals surface area contributed by atoms with Crippen LogP contribution in [0.3, 0.4) is 0 Å². The van der Waals surface area contributed by atoms with Gasteiger partial charge in [0.1, 0.15) is 5.75 Å². The molecule has 1 aliphatic rings. The summed E-state index contributed by atoms with van der Waals surface area (Å²) in [6.45, 7) is 4.05. The van der Waals surface area contributed by atoms with Crippen LogP contribution in [0.1, 0.15) is 51.1 Å². The van der Waals surface area contributed by atoms with Crippen molar-refractivity contribution in [2.24, 2.45) is 5.84 Å². The van der Waals surface area contributed by atoms with Crippen LogP contribution in [0.5, 0.6) is 5.75 Å².